The number of amides is 1. The fourth-order valence-electron chi connectivity index (χ4n) is 2.96. The lowest BCUT2D eigenvalue weighted by molar-refractivity contribution is -0.123. The van der Waals surface area contributed by atoms with Crippen LogP contribution in [-0.2, 0) is 4.79 Å². The highest BCUT2D eigenvalue weighted by Gasteiger charge is 2.31. The minimum absolute atomic E-state index is 0.0220. The number of aryl methyl sites for hydroxylation is 2. The van der Waals surface area contributed by atoms with Crippen LogP contribution < -0.4 is 16.2 Å². The van der Waals surface area contributed by atoms with Gasteiger partial charge in [-0.1, -0.05) is 30.3 Å². The molecule has 1 aliphatic heterocycles. The van der Waals surface area contributed by atoms with Crippen LogP contribution in [0.4, 0.5) is 0 Å². The van der Waals surface area contributed by atoms with Crippen molar-refractivity contribution in [3.63, 3.8) is 0 Å². The van der Waals surface area contributed by atoms with Gasteiger partial charge in [-0.25, -0.2) is 15.8 Å². The SMILES string of the molecule is Cc1nc(C)c(C(C)NC(=O)C2CC(c3ccccc3)NN2)s1. The van der Waals surface area contributed by atoms with Crippen molar-refractivity contribution in [3.8, 4) is 0 Å². The summed E-state index contributed by atoms with van der Waals surface area (Å²) in [6, 6.07) is 10.1. The Bertz CT molecular complexity index is 685. The van der Waals surface area contributed by atoms with Gasteiger partial charge in [-0.15, -0.1) is 11.3 Å². The average Bonchev–Trinajstić information content (AvgIpc) is 3.15. The first-order valence-corrected chi connectivity index (χ1v) is 8.66. The number of nitrogens with zero attached hydrogens (tertiary/aromatic N) is 1. The Hall–Kier alpha value is -1.76. The van der Waals surface area contributed by atoms with Crippen LogP contribution in [0.5, 0.6) is 0 Å². The van der Waals surface area contributed by atoms with Crippen molar-refractivity contribution < 1.29 is 4.79 Å². The molecular formula is C17H22N4OS. The summed E-state index contributed by atoms with van der Waals surface area (Å²) in [6.07, 6.45) is 0.739. The highest BCUT2D eigenvalue weighted by atomic mass is 32.1. The molecule has 2 heterocycles. The summed E-state index contributed by atoms with van der Waals surface area (Å²) in [7, 11) is 0. The second-order valence-electron chi connectivity index (χ2n) is 5.95. The summed E-state index contributed by atoms with van der Waals surface area (Å²) in [6.45, 7) is 5.99. The quantitative estimate of drug-likeness (QED) is 0.806. The van der Waals surface area contributed by atoms with Crippen molar-refractivity contribution in [1.29, 1.82) is 0 Å². The standard InChI is InChI=1S/C17H22N4OS/c1-10-16(23-12(3)18-10)11(2)19-17(22)15-9-14(20-21-15)13-7-5-4-6-8-13/h4-8,11,14-15,20-21H,9H2,1-3H3,(H,19,22). The number of hydrazine groups is 1. The molecule has 0 aliphatic carbocycles. The molecule has 1 aromatic carbocycles. The molecule has 3 N–H and O–H groups in total. The van der Waals surface area contributed by atoms with E-state index in [0.29, 0.717) is 0 Å². The summed E-state index contributed by atoms with van der Waals surface area (Å²) in [5.41, 5.74) is 8.51. The molecule has 0 radical (unpaired) electrons. The van der Waals surface area contributed by atoms with Crippen LogP contribution in [0.2, 0.25) is 0 Å². The smallest absolute Gasteiger partial charge is 0.239 e. The number of rotatable bonds is 4. The predicted molar refractivity (Wildman–Crippen MR) is 92.0 cm³/mol. The molecule has 0 saturated carbocycles. The van der Waals surface area contributed by atoms with Crippen LogP contribution in [0.15, 0.2) is 30.3 Å². The fourth-order valence-corrected chi connectivity index (χ4v) is 3.89. The van der Waals surface area contributed by atoms with Crippen molar-refractivity contribution in [2.24, 2.45) is 0 Å². The van der Waals surface area contributed by atoms with Crippen molar-refractivity contribution >= 4 is 17.2 Å². The molecule has 23 heavy (non-hydrogen) atoms. The van der Waals surface area contributed by atoms with Gasteiger partial charge in [0.2, 0.25) is 5.91 Å². The average molecular weight is 330 g/mol. The van der Waals surface area contributed by atoms with Crippen LogP contribution in [0.25, 0.3) is 0 Å². The molecule has 0 bridgehead atoms. The number of hydrogen-bond donors (Lipinski definition) is 3. The van der Waals surface area contributed by atoms with Gasteiger partial charge in [-0.2, -0.15) is 0 Å². The molecule has 6 heteroatoms. The molecule has 5 nitrogen and oxygen atoms in total. The van der Waals surface area contributed by atoms with Crippen molar-refractivity contribution in [1.82, 2.24) is 21.2 Å². The van der Waals surface area contributed by atoms with Gasteiger partial charge in [0.25, 0.3) is 0 Å². The number of thiazole rings is 1. The van der Waals surface area contributed by atoms with Gasteiger partial charge in [0, 0.05) is 10.9 Å². The molecule has 0 spiro atoms. The van der Waals surface area contributed by atoms with E-state index in [1.54, 1.807) is 11.3 Å². The summed E-state index contributed by atoms with van der Waals surface area (Å²) in [5, 5.41) is 4.12. The maximum atomic E-state index is 12.5. The van der Waals surface area contributed by atoms with E-state index in [-0.39, 0.29) is 24.0 Å². The second-order valence-corrected chi connectivity index (χ2v) is 7.19. The second kappa shape index (κ2) is 6.78. The van der Waals surface area contributed by atoms with Crippen LogP contribution in [0.3, 0.4) is 0 Å². The van der Waals surface area contributed by atoms with Gasteiger partial charge in [0.15, 0.2) is 0 Å². The molecule has 1 aliphatic rings. The lowest BCUT2D eigenvalue weighted by Gasteiger charge is -2.16. The van der Waals surface area contributed by atoms with E-state index in [9.17, 15) is 4.79 Å². The monoisotopic (exact) mass is 330 g/mol. The molecule has 122 valence electrons. The van der Waals surface area contributed by atoms with E-state index >= 15 is 0 Å². The molecule has 3 unspecified atom stereocenters. The maximum absolute atomic E-state index is 12.5. The van der Waals surface area contributed by atoms with Crippen LogP contribution >= 0.6 is 11.3 Å². The third-order valence-electron chi connectivity index (χ3n) is 4.11. The van der Waals surface area contributed by atoms with E-state index < -0.39 is 0 Å². The highest BCUT2D eigenvalue weighted by molar-refractivity contribution is 7.11. The van der Waals surface area contributed by atoms with Gasteiger partial charge in [-0.05, 0) is 32.8 Å². The Morgan fingerprint density at radius 3 is 2.70 bits per heavy atom. The first-order chi connectivity index (χ1) is 11.0. The zero-order chi connectivity index (χ0) is 16.4. The predicted octanol–water partition coefficient (Wildman–Crippen LogP) is 2.54. The largest absolute Gasteiger partial charge is 0.347 e. The van der Waals surface area contributed by atoms with E-state index in [4.69, 9.17) is 0 Å². The van der Waals surface area contributed by atoms with Gasteiger partial charge < -0.3 is 5.32 Å². The topological polar surface area (TPSA) is 66.0 Å². The minimum atomic E-state index is -0.225. The van der Waals surface area contributed by atoms with Crippen LogP contribution in [-0.4, -0.2) is 16.9 Å². The Labute approximate surface area is 140 Å². The summed E-state index contributed by atoms with van der Waals surface area (Å²) in [4.78, 5) is 18.0. The number of hydrogen-bond acceptors (Lipinski definition) is 5. The van der Waals surface area contributed by atoms with E-state index in [0.717, 1.165) is 22.0 Å². The Morgan fingerprint density at radius 1 is 1.30 bits per heavy atom. The van der Waals surface area contributed by atoms with Gasteiger partial charge in [0.05, 0.1) is 16.7 Å². The zero-order valence-electron chi connectivity index (χ0n) is 13.6. The van der Waals surface area contributed by atoms with Crippen molar-refractivity contribution in [3.05, 3.63) is 51.5 Å². The zero-order valence-corrected chi connectivity index (χ0v) is 14.4. The van der Waals surface area contributed by atoms with E-state index in [1.165, 1.54) is 5.56 Å². The Balaban J connectivity index is 1.60. The van der Waals surface area contributed by atoms with Gasteiger partial charge in [-0.3, -0.25) is 4.79 Å². The maximum Gasteiger partial charge on any atom is 0.239 e. The molecule has 3 atom stereocenters. The van der Waals surface area contributed by atoms with Crippen molar-refractivity contribution in [2.75, 3.05) is 0 Å². The Kier molecular flexibility index (Phi) is 4.75. The fraction of sp³-hybridized carbons (Fsp3) is 0.412. The van der Waals surface area contributed by atoms with Gasteiger partial charge >= 0.3 is 0 Å². The molecule has 3 rings (SSSR count). The lowest BCUT2D eigenvalue weighted by atomic mass is 10.0. The molecule has 1 amide bonds. The van der Waals surface area contributed by atoms with Crippen LogP contribution in [0.1, 0.15) is 46.6 Å². The van der Waals surface area contributed by atoms with Crippen LogP contribution in [0, 0.1) is 13.8 Å². The lowest BCUT2D eigenvalue weighted by Crippen LogP contribution is -2.43. The molecule has 1 saturated heterocycles. The number of carbonyl (C=O) groups excluding carboxylic acids is 1. The summed E-state index contributed by atoms with van der Waals surface area (Å²) >= 11 is 1.64. The first-order valence-electron chi connectivity index (χ1n) is 7.85. The van der Waals surface area contributed by atoms with E-state index in [2.05, 4.69) is 33.3 Å². The number of nitrogens with one attached hydrogen (secondary N) is 3. The first kappa shape index (κ1) is 16.1. The van der Waals surface area contributed by atoms with Crippen molar-refractivity contribution in [2.45, 2.75) is 45.3 Å². The third-order valence-corrected chi connectivity index (χ3v) is 5.37. The number of aromatic nitrogens is 1. The Morgan fingerprint density at radius 2 is 2.04 bits per heavy atom. The third kappa shape index (κ3) is 3.60. The van der Waals surface area contributed by atoms with Gasteiger partial charge in [0.1, 0.15) is 6.04 Å². The molecule has 2 aromatic rings. The summed E-state index contributed by atoms with van der Waals surface area (Å²) in [5.74, 6) is 0.0221. The molecular weight excluding hydrogens is 308 g/mol. The van der Waals surface area contributed by atoms with E-state index in [1.807, 2.05) is 39.0 Å². The molecule has 1 aromatic heterocycles. The minimum Gasteiger partial charge on any atom is -0.347 e. The highest BCUT2D eigenvalue weighted by Crippen LogP contribution is 2.26. The molecule has 1 fully saturated rings. The number of carbonyl (C=O) groups is 1. The normalized spacial score (nSPS) is 22.0. The number of benzene rings is 1. The summed E-state index contributed by atoms with van der Waals surface area (Å²) < 4.78 is 0.